The minimum atomic E-state index is -0.444. The number of halogens is 1. The number of rotatable bonds is 5. The zero-order chi connectivity index (χ0) is 18.4. The highest BCUT2D eigenvalue weighted by molar-refractivity contribution is 9.10. The summed E-state index contributed by atoms with van der Waals surface area (Å²) in [5, 5.41) is 0. The lowest BCUT2D eigenvalue weighted by atomic mass is 10.0. The minimum absolute atomic E-state index is 0.201. The molecule has 2 amide bonds. The number of aryl methyl sites for hydroxylation is 1. The maximum absolute atomic E-state index is 12.0. The van der Waals surface area contributed by atoms with Crippen LogP contribution in [0.3, 0.4) is 0 Å². The van der Waals surface area contributed by atoms with Gasteiger partial charge in [-0.2, -0.15) is 0 Å². The molecule has 2 aromatic rings. The molecule has 2 rings (SSSR count). The Labute approximate surface area is 155 Å². The molecule has 25 heavy (non-hydrogen) atoms. The summed E-state index contributed by atoms with van der Waals surface area (Å²) in [6, 6.07) is 12.8. The Bertz CT molecular complexity index is 775. The van der Waals surface area contributed by atoms with Crippen molar-refractivity contribution in [3.05, 3.63) is 63.6 Å². The van der Waals surface area contributed by atoms with Crippen molar-refractivity contribution in [2.75, 3.05) is 6.61 Å². The quantitative estimate of drug-likeness (QED) is 0.746. The molecule has 132 valence electrons. The van der Waals surface area contributed by atoms with Crippen LogP contribution in [0.4, 0.5) is 0 Å². The summed E-state index contributed by atoms with van der Waals surface area (Å²) >= 11 is 3.44. The fraction of sp³-hybridized carbons (Fsp3) is 0.263. The molecule has 0 aliphatic rings. The van der Waals surface area contributed by atoms with Crippen molar-refractivity contribution < 1.29 is 14.3 Å². The third-order valence-electron chi connectivity index (χ3n) is 3.58. The Morgan fingerprint density at radius 2 is 1.88 bits per heavy atom. The van der Waals surface area contributed by atoms with Gasteiger partial charge >= 0.3 is 0 Å². The van der Waals surface area contributed by atoms with Crippen molar-refractivity contribution in [2.45, 2.75) is 26.7 Å². The number of hydrogen-bond acceptors (Lipinski definition) is 3. The molecule has 0 radical (unpaired) electrons. The molecule has 2 aromatic carbocycles. The standard InChI is InChI=1S/C19H21BrN2O3/c1-12(2)14-7-8-17(16(20)10-14)25-11-18(23)21-22-19(24)15-6-4-5-13(3)9-15/h4-10,12H,11H2,1-3H3,(H,21,23)(H,22,24). The first-order valence-corrected chi connectivity index (χ1v) is 8.74. The van der Waals surface area contributed by atoms with Crippen LogP contribution in [0.5, 0.6) is 5.75 Å². The van der Waals surface area contributed by atoms with E-state index in [4.69, 9.17) is 4.74 Å². The number of ether oxygens (including phenoxy) is 1. The van der Waals surface area contributed by atoms with Gasteiger partial charge in [0.05, 0.1) is 4.47 Å². The molecule has 0 heterocycles. The predicted molar refractivity (Wildman–Crippen MR) is 101 cm³/mol. The van der Waals surface area contributed by atoms with E-state index in [0.29, 0.717) is 17.2 Å². The average molecular weight is 405 g/mol. The molecule has 0 spiro atoms. The summed E-state index contributed by atoms with van der Waals surface area (Å²) in [7, 11) is 0. The second kappa shape index (κ2) is 8.67. The lowest BCUT2D eigenvalue weighted by Crippen LogP contribution is -2.43. The van der Waals surface area contributed by atoms with Gasteiger partial charge in [-0.05, 0) is 58.6 Å². The highest BCUT2D eigenvalue weighted by Crippen LogP contribution is 2.28. The number of hydrogen-bond donors (Lipinski definition) is 2. The summed E-state index contributed by atoms with van der Waals surface area (Å²) in [6.45, 7) is 5.90. The molecule has 0 aliphatic carbocycles. The van der Waals surface area contributed by atoms with E-state index < -0.39 is 5.91 Å². The molecule has 0 aromatic heterocycles. The van der Waals surface area contributed by atoms with Crippen LogP contribution in [0.1, 0.15) is 41.3 Å². The van der Waals surface area contributed by atoms with E-state index in [9.17, 15) is 9.59 Å². The van der Waals surface area contributed by atoms with E-state index in [1.54, 1.807) is 18.2 Å². The predicted octanol–water partition coefficient (Wildman–Crippen LogP) is 3.72. The van der Waals surface area contributed by atoms with Crippen LogP contribution in [0.15, 0.2) is 46.9 Å². The zero-order valence-corrected chi connectivity index (χ0v) is 16.0. The van der Waals surface area contributed by atoms with Gasteiger partial charge in [-0.15, -0.1) is 0 Å². The number of carbonyl (C=O) groups excluding carboxylic acids is 2. The number of hydrazine groups is 1. The Morgan fingerprint density at radius 3 is 2.52 bits per heavy atom. The number of nitrogens with one attached hydrogen (secondary N) is 2. The summed E-state index contributed by atoms with van der Waals surface area (Å²) in [6.07, 6.45) is 0. The van der Waals surface area contributed by atoms with E-state index in [0.717, 1.165) is 10.0 Å². The largest absolute Gasteiger partial charge is 0.483 e. The lowest BCUT2D eigenvalue weighted by Gasteiger charge is -2.12. The molecule has 2 N–H and O–H groups in total. The third kappa shape index (κ3) is 5.60. The Morgan fingerprint density at radius 1 is 1.12 bits per heavy atom. The maximum atomic E-state index is 12.0. The second-order valence-electron chi connectivity index (χ2n) is 6.01. The average Bonchev–Trinajstić information content (AvgIpc) is 2.58. The molecular weight excluding hydrogens is 384 g/mol. The van der Waals surface area contributed by atoms with Gasteiger partial charge in [-0.3, -0.25) is 20.4 Å². The molecule has 6 heteroatoms. The minimum Gasteiger partial charge on any atom is -0.483 e. The monoisotopic (exact) mass is 404 g/mol. The number of benzene rings is 2. The van der Waals surface area contributed by atoms with E-state index in [1.807, 2.05) is 31.2 Å². The Kier molecular flexibility index (Phi) is 6.58. The van der Waals surface area contributed by atoms with E-state index in [-0.39, 0.29) is 12.5 Å². The molecule has 0 fully saturated rings. The van der Waals surface area contributed by atoms with Gasteiger partial charge in [0.1, 0.15) is 5.75 Å². The highest BCUT2D eigenvalue weighted by atomic mass is 79.9. The van der Waals surface area contributed by atoms with Crippen molar-refractivity contribution in [2.24, 2.45) is 0 Å². The van der Waals surface area contributed by atoms with Crippen molar-refractivity contribution in [1.82, 2.24) is 10.9 Å². The van der Waals surface area contributed by atoms with Gasteiger partial charge in [0, 0.05) is 5.56 Å². The van der Waals surface area contributed by atoms with Crippen LogP contribution in [-0.2, 0) is 4.79 Å². The fourth-order valence-corrected chi connectivity index (χ4v) is 2.67. The maximum Gasteiger partial charge on any atom is 0.276 e. The van der Waals surface area contributed by atoms with Crippen molar-refractivity contribution in [1.29, 1.82) is 0 Å². The van der Waals surface area contributed by atoms with Crippen molar-refractivity contribution >= 4 is 27.7 Å². The first kappa shape index (κ1) is 19.0. The van der Waals surface area contributed by atoms with Gasteiger partial charge in [0.25, 0.3) is 11.8 Å². The summed E-state index contributed by atoms with van der Waals surface area (Å²) in [4.78, 5) is 23.8. The Hall–Kier alpha value is -2.34. The van der Waals surface area contributed by atoms with Crippen LogP contribution in [0.25, 0.3) is 0 Å². The first-order chi connectivity index (χ1) is 11.9. The first-order valence-electron chi connectivity index (χ1n) is 7.95. The van der Waals surface area contributed by atoms with E-state index in [1.165, 1.54) is 5.56 Å². The van der Waals surface area contributed by atoms with E-state index in [2.05, 4.69) is 40.6 Å². The molecule has 0 saturated heterocycles. The normalized spacial score (nSPS) is 10.4. The van der Waals surface area contributed by atoms with Gasteiger partial charge in [0.2, 0.25) is 0 Å². The van der Waals surface area contributed by atoms with Crippen LogP contribution < -0.4 is 15.6 Å². The Balaban J connectivity index is 1.84. The molecule has 0 aliphatic heterocycles. The van der Waals surface area contributed by atoms with Gasteiger partial charge in [-0.1, -0.05) is 37.6 Å². The summed E-state index contributed by atoms with van der Waals surface area (Å²) in [5.41, 5.74) is 7.34. The number of carbonyl (C=O) groups is 2. The highest BCUT2D eigenvalue weighted by Gasteiger charge is 2.10. The molecular formula is C19H21BrN2O3. The van der Waals surface area contributed by atoms with Gasteiger partial charge in [-0.25, -0.2) is 0 Å². The molecule has 0 bridgehead atoms. The van der Waals surface area contributed by atoms with Crippen LogP contribution >= 0.6 is 15.9 Å². The topological polar surface area (TPSA) is 67.4 Å². The molecule has 0 saturated carbocycles. The molecule has 0 atom stereocenters. The second-order valence-corrected chi connectivity index (χ2v) is 6.86. The van der Waals surface area contributed by atoms with Crippen molar-refractivity contribution in [3.63, 3.8) is 0 Å². The molecule has 5 nitrogen and oxygen atoms in total. The molecule has 0 unspecified atom stereocenters. The smallest absolute Gasteiger partial charge is 0.276 e. The summed E-state index contributed by atoms with van der Waals surface area (Å²) in [5.74, 6) is 0.162. The lowest BCUT2D eigenvalue weighted by molar-refractivity contribution is -0.123. The van der Waals surface area contributed by atoms with Crippen LogP contribution in [0.2, 0.25) is 0 Å². The number of amides is 2. The van der Waals surface area contributed by atoms with Crippen molar-refractivity contribution in [3.8, 4) is 5.75 Å². The fourth-order valence-electron chi connectivity index (χ4n) is 2.16. The van der Waals surface area contributed by atoms with Crippen LogP contribution in [0, 0.1) is 6.92 Å². The van der Waals surface area contributed by atoms with Gasteiger partial charge < -0.3 is 4.74 Å². The zero-order valence-electron chi connectivity index (χ0n) is 14.4. The van der Waals surface area contributed by atoms with E-state index >= 15 is 0 Å². The summed E-state index contributed by atoms with van der Waals surface area (Å²) < 4.78 is 6.27. The third-order valence-corrected chi connectivity index (χ3v) is 4.20. The SMILES string of the molecule is Cc1cccc(C(=O)NNC(=O)COc2ccc(C(C)C)cc2Br)c1. The van der Waals surface area contributed by atoms with Gasteiger partial charge in [0.15, 0.2) is 6.61 Å². The van der Waals surface area contributed by atoms with Crippen LogP contribution in [-0.4, -0.2) is 18.4 Å².